The molecule has 1 aromatic rings. The molecule has 1 N–H and O–H groups in total. The fraction of sp³-hybridized carbons (Fsp3) is 0.615. The highest BCUT2D eigenvalue weighted by Gasteiger charge is 2.17. The van der Waals surface area contributed by atoms with E-state index in [9.17, 15) is 0 Å². The Labute approximate surface area is 103 Å². The topological polar surface area (TPSA) is 39.6 Å². The average Bonchev–Trinajstić information content (AvgIpc) is 2.35. The SMILES string of the molecule is Cc1cccnc1CN1CCN(CCO)CC1. The second-order valence-corrected chi connectivity index (χ2v) is 4.61. The molecule has 1 aromatic heterocycles. The number of pyridine rings is 1. The Kier molecular flexibility index (Phi) is 4.48. The first kappa shape index (κ1) is 12.5. The van der Waals surface area contributed by atoms with Crippen molar-refractivity contribution in [3.8, 4) is 0 Å². The van der Waals surface area contributed by atoms with E-state index in [2.05, 4.69) is 27.8 Å². The van der Waals surface area contributed by atoms with Crippen LogP contribution in [0.1, 0.15) is 11.3 Å². The maximum absolute atomic E-state index is 8.89. The number of aliphatic hydroxyl groups is 1. The van der Waals surface area contributed by atoms with Gasteiger partial charge in [0.15, 0.2) is 0 Å². The molecule has 0 aromatic carbocycles. The number of aliphatic hydroxyl groups excluding tert-OH is 1. The third-order valence-electron chi connectivity index (χ3n) is 3.37. The summed E-state index contributed by atoms with van der Waals surface area (Å²) >= 11 is 0. The molecular weight excluding hydrogens is 214 g/mol. The normalized spacial score (nSPS) is 18.5. The highest BCUT2D eigenvalue weighted by molar-refractivity contribution is 5.17. The van der Waals surface area contributed by atoms with Gasteiger partial charge in [0.2, 0.25) is 0 Å². The molecule has 0 unspecified atom stereocenters. The second-order valence-electron chi connectivity index (χ2n) is 4.61. The summed E-state index contributed by atoms with van der Waals surface area (Å²) < 4.78 is 0. The number of hydrogen-bond donors (Lipinski definition) is 1. The molecule has 0 aliphatic carbocycles. The molecule has 17 heavy (non-hydrogen) atoms. The van der Waals surface area contributed by atoms with Crippen molar-refractivity contribution >= 4 is 0 Å². The Hall–Kier alpha value is -0.970. The van der Waals surface area contributed by atoms with Gasteiger partial charge in [0, 0.05) is 45.5 Å². The minimum absolute atomic E-state index is 0.263. The van der Waals surface area contributed by atoms with Gasteiger partial charge in [0.05, 0.1) is 12.3 Å². The third kappa shape index (κ3) is 3.49. The van der Waals surface area contributed by atoms with Crippen LogP contribution in [0.5, 0.6) is 0 Å². The summed E-state index contributed by atoms with van der Waals surface area (Å²) in [5, 5.41) is 8.89. The first-order valence-corrected chi connectivity index (χ1v) is 6.25. The zero-order valence-corrected chi connectivity index (χ0v) is 10.5. The smallest absolute Gasteiger partial charge is 0.0573 e. The lowest BCUT2D eigenvalue weighted by Crippen LogP contribution is -2.46. The summed E-state index contributed by atoms with van der Waals surface area (Å²) in [6.07, 6.45) is 1.87. The van der Waals surface area contributed by atoms with Crippen molar-refractivity contribution < 1.29 is 5.11 Å². The Bertz CT molecular complexity index is 348. The summed E-state index contributed by atoms with van der Waals surface area (Å²) in [5.74, 6) is 0. The van der Waals surface area contributed by atoms with Gasteiger partial charge in [-0.2, -0.15) is 0 Å². The van der Waals surface area contributed by atoms with Gasteiger partial charge < -0.3 is 5.11 Å². The summed E-state index contributed by atoms with van der Waals surface area (Å²) in [7, 11) is 0. The Morgan fingerprint density at radius 1 is 1.24 bits per heavy atom. The van der Waals surface area contributed by atoms with E-state index in [1.807, 2.05) is 12.3 Å². The minimum atomic E-state index is 0.263. The molecule has 2 rings (SSSR count). The monoisotopic (exact) mass is 235 g/mol. The van der Waals surface area contributed by atoms with Crippen LogP contribution >= 0.6 is 0 Å². The molecule has 1 saturated heterocycles. The Morgan fingerprint density at radius 2 is 1.94 bits per heavy atom. The van der Waals surface area contributed by atoms with Crippen molar-refractivity contribution in [2.75, 3.05) is 39.3 Å². The molecule has 0 spiro atoms. The summed E-state index contributed by atoms with van der Waals surface area (Å²) in [6.45, 7) is 8.35. The lowest BCUT2D eigenvalue weighted by atomic mass is 10.2. The lowest BCUT2D eigenvalue weighted by molar-refractivity contribution is 0.107. The Balaban J connectivity index is 1.84. The molecule has 4 heteroatoms. The number of hydrogen-bond acceptors (Lipinski definition) is 4. The van der Waals surface area contributed by atoms with Gasteiger partial charge in [-0.15, -0.1) is 0 Å². The van der Waals surface area contributed by atoms with Crippen molar-refractivity contribution in [2.45, 2.75) is 13.5 Å². The number of nitrogens with zero attached hydrogens (tertiary/aromatic N) is 3. The first-order valence-electron chi connectivity index (χ1n) is 6.25. The van der Waals surface area contributed by atoms with E-state index in [0.29, 0.717) is 0 Å². The van der Waals surface area contributed by atoms with Crippen molar-refractivity contribution in [2.24, 2.45) is 0 Å². The minimum Gasteiger partial charge on any atom is -0.395 e. The van der Waals surface area contributed by atoms with E-state index in [4.69, 9.17) is 5.11 Å². The quantitative estimate of drug-likeness (QED) is 0.825. The predicted molar refractivity (Wildman–Crippen MR) is 67.8 cm³/mol. The average molecular weight is 235 g/mol. The van der Waals surface area contributed by atoms with Crippen molar-refractivity contribution in [1.29, 1.82) is 0 Å². The van der Waals surface area contributed by atoms with E-state index in [-0.39, 0.29) is 6.61 Å². The van der Waals surface area contributed by atoms with Crippen LogP contribution in [0, 0.1) is 6.92 Å². The van der Waals surface area contributed by atoms with E-state index in [1.165, 1.54) is 11.3 Å². The van der Waals surface area contributed by atoms with E-state index in [0.717, 1.165) is 39.3 Å². The lowest BCUT2D eigenvalue weighted by Gasteiger charge is -2.34. The highest BCUT2D eigenvalue weighted by atomic mass is 16.3. The number of piperazine rings is 1. The van der Waals surface area contributed by atoms with Gasteiger partial charge in [-0.05, 0) is 18.6 Å². The molecule has 2 heterocycles. The molecule has 94 valence electrons. The van der Waals surface area contributed by atoms with E-state index < -0.39 is 0 Å². The van der Waals surface area contributed by atoms with Crippen LogP contribution in [-0.2, 0) is 6.54 Å². The largest absolute Gasteiger partial charge is 0.395 e. The number of rotatable bonds is 4. The van der Waals surface area contributed by atoms with Crippen LogP contribution in [0.4, 0.5) is 0 Å². The van der Waals surface area contributed by atoms with Crippen molar-refractivity contribution in [3.63, 3.8) is 0 Å². The molecular formula is C13H21N3O. The second kappa shape index (κ2) is 6.10. The highest BCUT2D eigenvalue weighted by Crippen LogP contribution is 2.09. The maximum Gasteiger partial charge on any atom is 0.0573 e. The van der Waals surface area contributed by atoms with Crippen LogP contribution in [-0.4, -0.2) is 59.2 Å². The van der Waals surface area contributed by atoms with Gasteiger partial charge in [-0.1, -0.05) is 6.07 Å². The van der Waals surface area contributed by atoms with Crippen molar-refractivity contribution in [1.82, 2.24) is 14.8 Å². The molecule has 1 aliphatic rings. The predicted octanol–water partition coefficient (Wildman–Crippen LogP) is 0.500. The number of aromatic nitrogens is 1. The van der Waals surface area contributed by atoms with Crippen LogP contribution in [0.25, 0.3) is 0 Å². The van der Waals surface area contributed by atoms with Crippen LogP contribution in [0.2, 0.25) is 0 Å². The maximum atomic E-state index is 8.89. The van der Waals surface area contributed by atoms with Gasteiger partial charge in [-0.25, -0.2) is 0 Å². The molecule has 0 radical (unpaired) electrons. The molecule has 0 atom stereocenters. The van der Waals surface area contributed by atoms with Crippen LogP contribution in [0.15, 0.2) is 18.3 Å². The van der Waals surface area contributed by atoms with Crippen molar-refractivity contribution in [3.05, 3.63) is 29.6 Å². The third-order valence-corrected chi connectivity index (χ3v) is 3.37. The van der Waals surface area contributed by atoms with Gasteiger partial charge in [-0.3, -0.25) is 14.8 Å². The summed E-state index contributed by atoms with van der Waals surface area (Å²) in [6, 6.07) is 4.10. The fourth-order valence-electron chi connectivity index (χ4n) is 2.21. The molecule has 1 fully saturated rings. The molecule has 0 amide bonds. The molecule has 1 aliphatic heterocycles. The summed E-state index contributed by atoms with van der Waals surface area (Å²) in [5.41, 5.74) is 2.45. The van der Waals surface area contributed by atoms with Gasteiger partial charge >= 0.3 is 0 Å². The first-order chi connectivity index (χ1) is 8.29. The van der Waals surface area contributed by atoms with E-state index >= 15 is 0 Å². The van der Waals surface area contributed by atoms with Crippen LogP contribution < -0.4 is 0 Å². The zero-order valence-electron chi connectivity index (χ0n) is 10.5. The molecule has 0 bridgehead atoms. The van der Waals surface area contributed by atoms with Crippen LogP contribution in [0.3, 0.4) is 0 Å². The van der Waals surface area contributed by atoms with E-state index in [1.54, 1.807) is 0 Å². The standard InChI is InChI=1S/C13H21N3O/c1-12-3-2-4-14-13(12)11-16-7-5-15(6-8-16)9-10-17/h2-4,17H,5-11H2,1H3. The Morgan fingerprint density at radius 3 is 2.59 bits per heavy atom. The zero-order chi connectivity index (χ0) is 12.1. The fourth-order valence-corrected chi connectivity index (χ4v) is 2.21. The molecule has 4 nitrogen and oxygen atoms in total. The van der Waals surface area contributed by atoms with Gasteiger partial charge in [0.1, 0.15) is 0 Å². The number of aryl methyl sites for hydroxylation is 1. The number of β-amino-alcohol motifs (C(OH)–C–C–N with tert-alkyl or cyclic N) is 1. The summed E-state index contributed by atoms with van der Waals surface area (Å²) in [4.78, 5) is 9.17. The molecule has 0 saturated carbocycles. The van der Waals surface area contributed by atoms with Gasteiger partial charge in [0.25, 0.3) is 0 Å².